The van der Waals surface area contributed by atoms with Crippen LogP contribution in [0.1, 0.15) is 26.0 Å². The van der Waals surface area contributed by atoms with Gasteiger partial charge in [-0.15, -0.1) is 6.58 Å². The number of nitrogens with one attached hydrogen (secondary N) is 1. The van der Waals surface area contributed by atoms with E-state index in [0.29, 0.717) is 0 Å². The Hall–Kier alpha value is -1.02. The van der Waals surface area contributed by atoms with E-state index in [2.05, 4.69) is 25.7 Å². The van der Waals surface area contributed by atoms with Crippen molar-refractivity contribution >= 4 is 0 Å². The molecular weight excluding hydrogens is 186 g/mol. The zero-order chi connectivity index (χ0) is 11.1. The second-order valence-electron chi connectivity index (χ2n) is 4.29. The van der Waals surface area contributed by atoms with Gasteiger partial charge in [-0.3, -0.25) is 0 Å². The molecule has 0 aliphatic rings. The molecule has 0 bridgehead atoms. The maximum atomic E-state index is 5.36. The molecule has 0 aromatic carbocycles. The van der Waals surface area contributed by atoms with Crippen molar-refractivity contribution in [3.8, 4) is 0 Å². The molecule has 2 nitrogen and oxygen atoms in total. The topological polar surface area (TPSA) is 25.2 Å². The van der Waals surface area contributed by atoms with Gasteiger partial charge in [0.15, 0.2) is 0 Å². The third kappa shape index (κ3) is 3.92. The molecule has 1 aromatic heterocycles. The Morgan fingerprint density at radius 2 is 2.40 bits per heavy atom. The molecule has 0 saturated heterocycles. The minimum absolute atomic E-state index is 0.0764. The van der Waals surface area contributed by atoms with E-state index in [-0.39, 0.29) is 5.41 Å². The first-order valence-corrected chi connectivity index (χ1v) is 5.57. The third-order valence-corrected chi connectivity index (χ3v) is 2.61. The van der Waals surface area contributed by atoms with E-state index in [1.54, 1.807) is 6.26 Å². The number of hydrogen-bond acceptors (Lipinski definition) is 2. The molecule has 0 spiro atoms. The van der Waals surface area contributed by atoms with Gasteiger partial charge in [0.1, 0.15) is 5.76 Å². The molecule has 1 N–H and O–H groups in total. The Morgan fingerprint density at radius 3 is 2.93 bits per heavy atom. The molecule has 15 heavy (non-hydrogen) atoms. The smallest absolute Gasteiger partial charge is 0.104 e. The van der Waals surface area contributed by atoms with Crippen LogP contribution in [0.15, 0.2) is 35.5 Å². The van der Waals surface area contributed by atoms with E-state index in [1.807, 2.05) is 18.2 Å². The molecule has 1 aromatic rings. The van der Waals surface area contributed by atoms with Crippen molar-refractivity contribution in [3.05, 3.63) is 36.8 Å². The van der Waals surface area contributed by atoms with Gasteiger partial charge in [0.25, 0.3) is 0 Å². The van der Waals surface area contributed by atoms with Gasteiger partial charge in [-0.2, -0.15) is 0 Å². The molecule has 0 aliphatic heterocycles. The first-order chi connectivity index (χ1) is 7.20. The van der Waals surface area contributed by atoms with Gasteiger partial charge in [-0.05, 0) is 25.1 Å². The van der Waals surface area contributed by atoms with E-state index < -0.39 is 0 Å². The summed E-state index contributed by atoms with van der Waals surface area (Å²) in [6, 6.07) is 3.94. The van der Waals surface area contributed by atoms with Crippen molar-refractivity contribution in [2.75, 3.05) is 13.1 Å². The van der Waals surface area contributed by atoms with Crippen molar-refractivity contribution < 1.29 is 4.42 Å². The van der Waals surface area contributed by atoms with Crippen LogP contribution in [0.5, 0.6) is 0 Å². The summed E-state index contributed by atoms with van der Waals surface area (Å²) in [7, 11) is 0. The molecular formula is C13H21NO. The van der Waals surface area contributed by atoms with Gasteiger partial charge < -0.3 is 9.73 Å². The average Bonchev–Trinajstić information content (AvgIpc) is 2.71. The Kier molecular flexibility index (Phi) is 4.63. The number of hydrogen-bond donors (Lipinski definition) is 1. The molecule has 1 unspecified atom stereocenters. The fraction of sp³-hybridized carbons (Fsp3) is 0.538. The van der Waals surface area contributed by atoms with Crippen molar-refractivity contribution in [2.24, 2.45) is 5.41 Å². The highest BCUT2D eigenvalue weighted by atomic mass is 16.3. The third-order valence-electron chi connectivity index (χ3n) is 2.61. The van der Waals surface area contributed by atoms with E-state index in [4.69, 9.17) is 4.42 Å². The highest BCUT2D eigenvalue weighted by Crippen LogP contribution is 2.23. The van der Waals surface area contributed by atoms with E-state index in [1.165, 1.54) is 0 Å². The maximum absolute atomic E-state index is 5.36. The predicted octanol–water partition coefficient (Wildman–Crippen LogP) is 3.01. The lowest BCUT2D eigenvalue weighted by Crippen LogP contribution is -2.32. The van der Waals surface area contributed by atoms with Crippen LogP contribution in [0.4, 0.5) is 0 Å². The molecule has 0 radical (unpaired) electrons. The normalized spacial score (nSPS) is 14.8. The summed E-state index contributed by atoms with van der Waals surface area (Å²) in [5, 5.41) is 3.43. The molecule has 0 amide bonds. The van der Waals surface area contributed by atoms with Crippen LogP contribution in [0.3, 0.4) is 0 Å². The van der Waals surface area contributed by atoms with Crippen LogP contribution >= 0.6 is 0 Å². The molecule has 1 atom stereocenters. The van der Waals surface area contributed by atoms with Crippen LogP contribution in [0.25, 0.3) is 0 Å². The second-order valence-corrected chi connectivity index (χ2v) is 4.29. The fourth-order valence-electron chi connectivity index (χ4n) is 1.57. The summed E-state index contributed by atoms with van der Waals surface area (Å²) in [6.45, 7) is 10.3. The number of furan rings is 1. The Labute approximate surface area is 92.4 Å². The molecule has 1 rings (SSSR count). The van der Waals surface area contributed by atoms with Crippen molar-refractivity contribution in [2.45, 2.75) is 26.7 Å². The first-order valence-electron chi connectivity index (χ1n) is 5.57. The van der Waals surface area contributed by atoms with Gasteiger partial charge in [0.2, 0.25) is 0 Å². The summed E-state index contributed by atoms with van der Waals surface area (Å²) in [5.74, 6) is 1.02. The second kappa shape index (κ2) is 5.76. The summed E-state index contributed by atoms with van der Waals surface area (Å²) in [6.07, 6.45) is 5.80. The highest BCUT2D eigenvalue weighted by molar-refractivity contribution is 5.06. The van der Waals surface area contributed by atoms with E-state index in [9.17, 15) is 0 Å². The van der Waals surface area contributed by atoms with Gasteiger partial charge >= 0.3 is 0 Å². The van der Waals surface area contributed by atoms with Crippen LogP contribution in [0, 0.1) is 5.41 Å². The lowest BCUT2D eigenvalue weighted by atomic mass is 9.86. The average molecular weight is 207 g/mol. The van der Waals surface area contributed by atoms with E-state index in [0.717, 1.165) is 31.7 Å². The van der Waals surface area contributed by atoms with Crippen molar-refractivity contribution in [3.63, 3.8) is 0 Å². The Balaban J connectivity index is 2.48. The summed E-state index contributed by atoms with van der Waals surface area (Å²) in [4.78, 5) is 0. The predicted molar refractivity (Wildman–Crippen MR) is 63.9 cm³/mol. The van der Waals surface area contributed by atoms with Crippen LogP contribution in [-0.2, 0) is 6.42 Å². The van der Waals surface area contributed by atoms with Crippen LogP contribution < -0.4 is 5.32 Å². The summed E-state index contributed by atoms with van der Waals surface area (Å²) >= 11 is 0. The summed E-state index contributed by atoms with van der Waals surface area (Å²) < 4.78 is 5.36. The largest absolute Gasteiger partial charge is 0.469 e. The lowest BCUT2D eigenvalue weighted by Gasteiger charge is -2.25. The fourth-order valence-corrected chi connectivity index (χ4v) is 1.57. The van der Waals surface area contributed by atoms with Crippen LogP contribution in [0.2, 0.25) is 0 Å². The number of rotatable bonds is 7. The zero-order valence-corrected chi connectivity index (χ0v) is 9.75. The van der Waals surface area contributed by atoms with Crippen LogP contribution in [-0.4, -0.2) is 13.1 Å². The molecule has 0 saturated carbocycles. The monoisotopic (exact) mass is 207 g/mol. The standard InChI is InChI=1S/C13H21NO/c1-4-8-14-11-13(3,5-2)10-12-7-6-9-15-12/h5-7,9,14H,2,4,8,10-11H2,1,3H3. The first kappa shape index (κ1) is 12.1. The minimum atomic E-state index is 0.0764. The minimum Gasteiger partial charge on any atom is -0.469 e. The highest BCUT2D eigenvalue weighted by Gasteiger charge is 2.21. The van der Waals surface area contributed by atoms with E-state index >= 15 is 0 Å². The molecule has 0 fully saturated rings. The quantitative estimate of drug-likeness (QED) is 0.549. The molecule has 0 aliphatic carbocycles. The zero-order valence-electron chi connectivity index (χ0n) is 9.75. The Morgan fingerprint density at radius 1 is 1.60 bits per heavy atom. The summed E-state index contributed by atoms with van der Waals surface area (Å²) in [5.41, 5.74) is 0.0764. The molecule has 1 heterocycles. The lowest BCUT2D eigenvalue weighted by molar-refractivity contribution is 0.354. The van der Waals surface area contributed by atoms with Crippen molar-refractivity contribution in [1.29, 1.82) is 0 Å². The van der Waals surface area contributed by atoms with Gasteiger partial charge in [-0.1, -0.05) is 19.9 Å². The maximum Gasteiger partial charge on any atom is 0.104 e. The molecule has 2 heteroatoms. The SMILES string of the molecule is C=CC(C)(CNCCC)Cc1ccco1. The molecule has 84 valence electrons. The van der Waals surface area contributed by atoms with Gasteiger partial charge in [0.05, 0.1) is 6.26 Å². The van der Waals surface area contributed by atoms with Gasteiger partial charge in [-0.25, -0.2) is 0 Å². The van der Waals surface area contributed by atoms with Gasteiger partial charge in [0, 0.05) is 18.4 Å². The van der Waals surface area contributed by atoms with Crippen molar-refractivity contribution in [1.82, 2.24) is 5.32 Å². The Bertz CT molecular complexity index is 279.